The summed E-state index contributed by atoms with van der Waals surface area (Å²) in [6.07, 6.45) is -0.0125. The van der Waals surface area contributed by atoms with E-state index in [2.05, 4.69) is 5.32 Å². The molecule has 7 heteroatoms. The monoisotopic (exact) mass is 338 g/mol. The van der Waals surface area contributed by atoms with Crippen molar-refractivity contribution in [3.05, 3.63) is 29.8 Å². The van der Waals surface area contributed by atoms with Crippen LogP contribution in [0.5, 0.6) is 5.75 Å². The van der Waals surface area contributed by atoms with E-state index in [1.54, 1.807) is 36.3 Å². The zero-order chi connectivity index (χ0) is 17.6. The average Bonchev–Trinajstić information content (AvgIpc) is 2.62. The Hall–Kier alpha value is -2.15. The number of nitrogens with one attached hydrogen (secondary N) is 1. The molecule has 0 aliphatic carbocycles. The van der Waals surface area contributed by atoms with Gasteiger partial charge in [0.25, 0.3) is 11.8 Å². The minimum absolute atomic E-state index is 0.00624. The molecule has 132 valence electrons. The highest BCUT2D eigenvalue weighted by Crippen LogP contribution is 2.28. The number of carbonyl (C=O) groups is 2. The van der Waals surface area contributed by atoms with Crippen LogP contribution in [0.3, 0.4) is 0 Å². The Morgan fingerprint density at radius 2 is 1.83 bits per heavy atom. The summed E-state index contributed by atoms with van der Waals surface area (Å²) in [5.41, 5.74) is -1.41. The van der Waals surface area contributed by atoms with Gasteiger partial charge in [0.2, 0.25) is 0 Å². The van der Waals surface area contributed by atoms with Gasteiger partial charge in [-0.15, -0.1) is 0 Å². The predicted molar refractivity (Wildman–Crippen MR) is 86.9 cm³/mol. The number of amides is 2. The predicted octanol–water partition coefficient (Wildman–Crippen LogP) is 1.40. The molecule has 6 nitrogen and oxygen atoms in total. The van der Waals surface area contributed by atoms with Gasteiger partial charge in [-0.25, -0.2) is 4.39 Å². The largest absolute Gasteiger partial charge is 0.497 e. The van der Waals surface area contributed by atoms with Crippen LogP contribution in [0, 0.1) is 0 Å². The molecular weight excluding hydrogens is 315 g/mol. The van der Waals surface area contributed by atoms with Gasteiger partial charge >= 0.3 is 0 Å². The van der Waals surface area contributed by atoms with Gasteiger partial charge in [-0.1, -0.05) is 0 Å². The van der Waals surface area contributed by atoms with Crippen molar-refractivity contribution in [1.82, 2.24) is 10.2 Å². The van der Waals surface area contributed by atoms with Crippen molar-refractivity contribution >= 4 is 11.8 Å². The Bertz CT molecular complexity index is 568. The number of rotatable bonds is 6. The third kappa shape index (κ3) is 4.23. The normalized spacial score (nSPS) is 16.5. The van der Waals surface area contributed by atoms with Gasteiger partial charge in [0.15, 0.2) is 5.67 Å². The maximum absolute atomic E-state index is 14.7. The lowest BCUT2D eigenvalue weighted by Gasteiger charge is -2.35. The fourth-order valence-electron chi connectivity index (χ4n) is 2.63. The highest BCUT2D eigenvalue weighted by molar-refractivity contribution is 5.94. The van der Waals surface area contributed by atoms with Gasteiger partial charge in [0.05, 0.1) is 13.7 Å². The first-order valence-corrected chi connectivity index (χ1v) is 7.89. The van der Waals surface area contributed by atoms with Crippen LogP contribution >= 0.6 is 0 Å². The Balaban J connectivity index is 1.91. The second kappa shape index (κ2) is 8.10. The molecule has 0 saturated carbocycles. The van der Waals surface area contributed by atoms with Crippen LogP contribution < -0.4 is 10.1 Å². The Morgan fingerprint density at radius 3 is 2.38 bits per heavy atom. The summed E-state index contributed by atoms with van der Waals surface area (Å²) in [6.45, 7) is 1.03. The van der Waals surface area contributed by atoms with Crippen molar-refractivity contribution in [1.29, 1.82) is 0 Å². The SMILES string of the molecule is COCCNC(=O)C1(F)CCN(C(=O)c2ccc(OC)cc2)CC1. The average molecular weight is 338 g/mol. The lowest BCUT2D eigenvalue weighted by Crippen LogP contribution is -2.52. The minimum atomic E-state index is -1.93. The van der Waals surface area contributed by atoms with Crippen molar-refractivity contribution < 1.29 is 23.5 Å². The molecular formula is C17H23FN2O4. The Morgan fingerprint density at radius 1 is 1.21 bits per heavy atom. The zero-order valence-electron chi connectivity index (χ0n) is 14.0. The number of ether oxygens (including phenoxy) is 2. The number of nitrogens with zero attached hydrogens (tertiary/aromatic N) is 1. The van der Waals surface area contributed by atoms with Crippen LogP contribution in [0.15, 0.2) is 24.3 Å². The number of likely N-dealkylation sites (tertiary alicyclic amines) is 1. The molecule has 0 unspecified atom stereocenters. The topological polar surface area (TPSA) is 67.9 Å². The van der Waals surface area contributed by atoms with Crippen LogP contribution in [0.1, 0.15) is 23.2 Å². The maximum atomic E-state index is 14.7. The summed E-state index contributed by atoms with van der Waals surface area (Å²) in [6, 6.07) is 6.77. The molecule has 2 rings (SSSR count). The summed E-state index contributed by atoms with van der Waals surface area (Å²) in [5.74, 6) is -0.128. The molecule has 0 radical (unpaired) electrons. The van der Waals surface area contributed by atoms with E-state index in [4.69, 9.17) is 9.47 Å². The van der Waals surface area contributed by atoms with E-state index >= 15 is 0 Å². The molecule has 1 N–H and O–H groups in total. The van der Waals surface area contributed by atoms with Crippen LogP contribution in [-0.2, 0) is 9.53 Å². The molecule has 1 aliphatic heterocycles. The van der Waals surface area contributed by atoms with Crippen LogP contribution in [-0.4, -0.2) is 62.8 Å². The molecule has 0 atom stereocenters. The highest BCUT2D eigenvalue weighted by atomic mass is 19.1. The smallest absolute Gasteiger partial charge is 0.257 e. The fourth-order valence-corrected chi connectivity index (χ4v) is 2.63. The lowest BCUT2D eigenvalue weighted by molar-refractivity contribution is -0.135. The van der Waals surface area contributed by atoms with Gasteiger partial charge in [0.1, 0.15) is 5.75 Å². The summed E-state index contributed by atoms with van der Waals surface area (Å²) in [4.78, 5) is 26.0. The van der Waals surface area contributed by atoms with E-state index in [0.717, 1.165) is 0 Å². The van der Waals surface area contributed by atoms with E-state index in [0.29, 0.717) is 17.9 Å². The van der Waals surface area contributed by atoms with Crippen molar-refractivity contribution in [2.24, 2.45) is 0 Å². The number of alkyl halides is 1. The first-order chi connectivity index (χ1) is 11.5. The fraction of sp³-hybridized carbons (Fsp3) is 0.529. The molecule has 24 heavy (non-hydrogen) atoms. The van der Waals surface area contributed by atoms with Crippen LogP contribution in [0.2, 0.25) is 0 Å². The van der Waals surface area contributed by atoms with E-state index in [-0.39, 0.29) is 38.4 Å². The molecule has 1 aromatic rings. The van der Waals surface area contributed by atoms with Gasteiger partial charge in [0, 0.05) is 45.1 Å². The van der Waals surface area contributed by atoms with Gasteiger partial charge < -0.3 is 19.7 Å². The molecule has 1 aromatic carbocycles. The Labute approximate surface area is 140 Å². The number of benzene rings is 1. The van der Waals surface area contributed by atoms with Crippen LogP contribution in [0.25, 0.3) is 0 Å². The zero-order valence-corrected chi connectivity index (χ0v) is 14.0. The van der Waals surface area contributed by atoms with Crippen LogP contribution in [0.4, 0.5) is 4.39 Å². The number of methoxy groups -OCH3 is 2. The molecule has 1 fully saturated rings. The third-order valence-electron chi connectivity index (χ3n) is 4.18. The molecule has 0 bridgehead atoms. The summed E-state index contributed by atoms with van der Waals surface area (Å²) in [7, 11) is 3.07. The van der Waals surface area contributed by atoms with E-state index in [1.807, 2.05) is 0 Å². The molecule has 2 amide bonds. The Kier molecular flexibility index (Phi) is 6.14. The standard InChI is InChI=1S/C17H23FN2O4/c1-23-12-9-19-16(22)17(18)7-10-20(11-8-17)15(21)13-3-5-14(24-2)6-4-13/h3-6H,7-12H2,1-2H3,(H,19,22). The number of halogens is 1. The van der Waals surface area contributed by atoms with Gasteiger partial charge in [-0.2, -0.15) is 0 Å². The molecule has 0 spiro atoms. The van der Waals surface area contributed by atoms with E-state index < -0.39 is 11.6 Å². The molecule has 0 aromatic heterocycles. The van der Waals surface area contributed by atoms with Gasteiger partial charge in [-0.05, 0) is 24.3 Å². The summed E-state index contributed by atoms with van der Waals surface area (Å²) >= 11 is 0. The van der Waals surface area contributed by atoms with Crippen molar-refractivity contribution in [3.8, 4) is 5.75 Å². The quantitative estimate of drug-likeness (QED) is 0.796. The van der Waals surface area contributed by atoms with Crippen molar-refractivity contribution in [2.75, 3.05) is 40.5 Å². The molecule has 1 saturated heterocycles. The van der Waals surface area contributed by atoms with E-state index in [9.17, 15) is 14.0 Å². The number of piperidine rings is 1. The maximum Gasteiger partial charge on any atom is 0.257 e. The second-order valence-electron chi connectivity index (χ2n) is 5.73. The van der Waals surface area contributed by atoms with Crippen molar-refractivity contribution in [3.63, 3.8) is 0 Å². The minimum Gasteiger partial charge on any atom is -0.497 e. The molecule has 1 aliphatic rings. The second-order valence-corrected chi connectivity index (χ2v) is 5.73. The first kappa shape index (κ1) is 18.2. The third-order valence-corrected chi connectivity index (χ3v) is 4.18. The van der Waals surface area contributed by atoms with Gasteiger partial charge in [-0.3, -0.25) is 9.59 Å². The number of hydrogen-bond acceptors (Lipinski definition) is 4. The summed E-state index contributed by atoms with van der Waals surface area (Å²) in [5, 5.41) is 2.53. The first-order valence-electron chi connectivity index (χ1n) is 7.89. The highest BCUT2D eigenvalue weighted by Gasteiger charge is 2.42. The number of carbonyl (C=O) groups excluding carboxylic acids is 2. The lowest BCUT2D eigenvalue weighted by atomic mass is 9.92. The summed E-state index contributed by atoms with van der Waals surface area (Å²) < 4.78 is 24.6. The van der Waals surface area contributed by atoms with Crippen molar-refractivity contribution in [2.45, 2.75) is 18.5 Å². The van der Waals surface area contributed by atoms with E-state index in [1.165, 1.54) is 7.11 Å². The number of hydrogen-bond donors (Lipinski definition) is 1. The molecule has 1 heterocycles.